The SMILES string of the molecule is COc1ccc(N2C(=O)C(=O)/C(=C(\O)c3ccc(OCc4ccccc4)c(C)c3)C2c2ccco2)cc1OC. The summed E-state index contributed by atoms with van der Waals surface area (Å²) in [5.41, 5.74) is 2.47. The molecule has 1 aliphatic rings. The maximum Gasteiger partial charge on any atom is 0.300 e. The van der Waals surface area contributed by atoms with E-state index in [0.29, 0.717) is 40.9 Å². The van der Waals surface area contributed by atoms with Crippen LogP contribution in [0.15, 0.2) is 95.1 Å². The topological polar surface area (TPSA) is 98.4 Å². The summed E-state index contributed by atoms with van der Waals surface area (Å²) < 4.78 is 22.3. The molecule has 8 heteroatoms. The molecule has 1 N–H and O–H groups in total. The molecule has 1 atom stereocenters. The van der Waals surface area contributed by atoms with Gasteiger partial charge in [-0.05, 0) is 60.5 Å². The molecule has 39 heavy (non-hydrogen) atoms. The second kappa shape index (κ2) is 10.8. The van der Waals surface area contributed by atoms with E-state index >= 15 is 0 Å². The minimum Gasteiger partial charge on any atom is -0.507 e. The third-order valence-electron chi connectivity index (χ3n) is 6.59. The van der Waals surface area contributed by atoms with Crippen LogP contribution in [0.3, 0.4) is 0 Å². The Balaban J connectivity index is 1.54. The van der Waals surface area contributed by atoms with Gasteiger partial charge in [0.25, 0.3) is 11.7 Å². The second-order valence-corrected chi connectivity index (χ2v) is 8.98. The molecule has 0 saturated carbocycles. The van der Waals surface area contributed by atoms with Gasteiger partial charge in [-0.25, -0.2) is 0 Å². The molecule has 8 nitrogen and oxygen atoms in total. The number of amides is 1. The van der Waals surface area contributed by atoms with Crippen LogP contribution in [-0.4, -0.2) is 31.0 Å². The summed E-state index contributed by atoms with van der Waals surface area (Å²) in [7, 11) is 2.99. The minimum absolute atomic E-state index is 0.0814. The molecule has 198 valence electrons. The lowest BCUT2D eigenvalue weighted by Gasteiger charge is -2.24. The molecular formula is C31H27NO7. The number of aryl methyl sites for hydroxylation is 1. The molecule has 2 heterocycles. The van der Waals surface area contributed by atoms with Crippen LogP contribution in [-0.2, 0) is 16.2 Å². The number of carbonyl (C=O) groups excluding carboxylic acids is 2. The molecular weight excluding hydrogens is 498 g/mol. The standard InChI is InChI=1S/C31H27NO7/c1-19-16-21(11-13-23(19)39-18-20-8-5-4-6-9-20)29(33)27-28(25-10-7-15-38-25)32(31(35)30(27)34)22-12-14-24(36-2)26(17-22)37-3/h4-17,28,33H,18H2,1-3H3/b29-27-. The van der Waals surface area contributed by atoms with Crippen molar-refractivity contribution in [3.05, 3.63) is 113 Å². The molecule has 1 unspecified atom stereocenters. The van der Waals surface area contributed by atoms with Crippen LogP contribution in [0.2, 0.25) is 0 Å². The number of aliphatic hydroxyl groups excluding tert-OH is 1. The van der Waals surface area contributed by atoms with Gasteiger partial charge in [0.15, 0.2) is 11.5 Å². The molecule has 5 rings (SSSR count). The van der Waals surface area contributed by atoms with Crippen molar-refractivity contribution in [1.29, 1.82) is 0 Å². The Hall–Kier alpha value is -4.98. The first-order chi connectivity index (χ1) is 18.9. The third kappa shape index (κ3) is 4.84. The molecule has 0 aliphatic carbocycles. The lowest BCUT2D eigenvalue weighted by molar-refractivity contribution is -0.132. The number of hydrogen-bond donors (Lipinski definition) is 1. The number of benzene rings is 3. The Morgan fingerprint density at radius 2 is 1.64 bits per heavy atom. The Labute approximate surface area is 225 Å². The van der Waals surface area contributed by atoms with Gasteiger partial charge < -0.3 is 23.7 Å². The van der Waals surface area contributed by atoms with E-state index in [9.17, 15) is 14.7 Å². The summed E-state index contributed by atoms with van der Waals surface area (Å²) in [6.45, 7) is 2.24. The number of hydrogen-bond acceptors (Lipinski definition) is 7. The van der Waals surface area contributed by atoms with E-state index in [0.717, 1.165) is 11.1 Å². The first-order valence-electron chi connectivity index (χ1n) is 12.3. The average Bonchev–Trinajstić information content (AvgIpc) is 3.58. The number of anilines is 1. The molecule has 1 aromatic heterocycles. The highest BCUT2D eigenvalue weighted by Crippen LogP contribution is 2.44. The Morgan fingerprint density at radius 3 is 2.31 bits per heavy atom. The van der Waals surface area contributed by atoms with Crippen molar-refractivity contribution in [2.75, 3.05) is 19.1 Å². The van der Waals surface area contributed by atoms with E-state index in [4.69, 9.17) is 18.6 Å². The van der Waals surface area contributed by atoms with E-state index in [1.54, 1.807) is 48.5 Å². The number of ether oxygens (including phenoxy) is 3. The molecule has 0 spiro atoms. The molecule has 0 bridgehead atoms. The van der Waals surface area contributed by atoms with Gasteiger partial charge in [0.1, 0.15) is 29.9 Å². The van der Waals surface area contributed by atoms with E-state index in [1.807, 2.05) is 37.3 Å². The van der Waals surface area contributed by atoms with Crippen LogP contribution < -0.4 is 19.1 Å². The first-order valence-corrected chi connectivity index (χ1v) is 12.3. The van der Waals surface area contributed by atoms with Gasteiger partial charge >= 0.3 is 0 Å². The van der Waals surface area contributed by atoms with Gasteiger partial charge in [0.2, 0.25) is 0 Å². The zero-order valence-corrected chi connectivity index (χ0v) is 21.7. The monoisotopic (exact) mass is 525 g/mol. The average molecular weight is 526 g/mol. The van der Waals surface area contributed by atoms with Gasteiger partial charge in [-0.1, -0.05) is 30.3 Å². The summed E-state index contributed by atoms with van der Waals surface area (Å²) in [4.78, 5) is 28.0. The van der Waals surface area contributed by atoms with E-state index in [2.05, 4.69) is 0 Å². The van der Waals surface area contributed by atoms with Crippen LogP contribution >= 0.6 is 0 Å². The second-order valence-electron chi connectivity index (χ2n) is 8.98. The van der Waals surface area contributed by atoms with Crippen LogP contribution in [0, 0.1) is 6.92 Å². The van der Waals surface area contributed by atoms with Crippen molar-refractivity contribution in [3.8, 4) is 17.2 Å². The molecule has 0 radical (unpaired) electrons. The fourth-order valence-electron chi connectivity index (χ4n) is 4.64. The third-order valence-corrected chi connectivity index (χ3v) is 6.59. The van der Waals surface area contributed by atoms with Gasteiger partial charge in [0.05, 0.1) is 26.1 Å². The van der Waals surface area contributed by atoms with E-state index in [-0.39, 0.29) is 11.3 Å². The smallest absolute Gasteiger partial charge is 0.300 e. The molecule has 1 amide bonds. The highest BCUT2D eigenvalue weighted by atomic mass is 16.5. The number of aliphatic hydroxyl groups is 1. The largest absolute Gasteiger partial charge is 0.507 e. The number of ketones is 1. The predicted octanol–water partition coefficient (Wildman–Crippen LogP) is 5.81. The first kappa shape index (κ1) is 25.7. The zero-order chi connectivity index (χ0) is 27.5. The molecule has 3 aromatic carbocycles. The molecule has 4 aromatic rings. The Kier molecular flexibility index (Phi) is 7.10. The van der Waals surface area contributed by atoms with Crippen LogP contribution in [0.4, 0.5) is 5.69 Å². The van der Waals surface area contributed by atoms with Crippen molar-refractivity contribution >= 4 is 23.1 Å². The van der Waals surface area contributed by atoms with Crippen molar-refractivity contribution in [1.82, 2.24) is 0 Å². The van der Waals surface area contributed by atoms with Crippen molar-refractivity contribution in [2.45, 2.75) is 19.6 Å². The summed E-state index contributed by atoms with van der Waals surface area (Å²) in [5, 5.41) is 11.4. The summed E-state index contributed by atoms with van der Waals surface area (Å²) >= 11 is 0. The van der Waals surface area contributed by atoms with Gasteiger partial charge in [-0.15, -0.1) is 0 Å². The maximum atomic E-state index is 13.4. The zero-order valence-electron chi connectivity index (χ0n) is 21.7. The quantitative estimate of drug-likeness (QED) is 0.176. The number of carbonyl (C=O) groups is 2. The summed E-state index contributed by atoms with van der Waals surface area (Å²) in [6, 6.07) is 22.1. The lowest BCUT2D eigenvalue weighted by atomic mass is 9.98. The fourth-order valence-corrected chi connectivity index (χ4v) is 4.64. The van der Waals surface area contributed by atoms with E-state index < -0.39 is 17.7 Å². The minimum atomic E-state index is -0.993. The summed E-state index contributed by atoms with van der Waals surface area (Å²) in [6.07, 6.45) is 1.45. The van der Waals surface area contributed by atoms with E-state index in [1.165, 1.54) is 25.4 Å². The number of rotatable bonds is 8. The molecule has 1 saturated heterocycles. The number of furan rings is 1. The number of Topliss-reactive ketones (excluding diaryl/α,β-unsaturated/α-hetero) is 1. The fraction of sp³-hybridized carbons (Fsp3) is 0.161. The van der Waals surface area contributed by atoms with Gasteiger partial charge in [0, 0.05) is 17.3 Å². The van der Waals surface area contributed by atoms with Crippen LogP contribution in [0.1, 0.15) is 28.5 Å². The van der Waals surface area contributed by atoms with Gasteiger partial charge in [-0.2, -0.15) is 0 Å². The normalized spacial score (nSPS) is 16.4. The summed E-state index contributed by atoms with van der Waals surface area (Å²) in [5.74, 6) is -0.117. The number of methoxy groups -OCH3 is 2. The molecule has 1 aliphatic heterocycles. The lowest BCUT2D eigenvalue weighted by Crippen LogP contribution is -2.29. The Morgan fingerprint density at radius 1 is 0.897 bits per heavy atom. The maximum absolute atomic E-state index is 13.4. The number of nitrogens with zero attached hydrogens (tertiary/aromatic N) is 1. The van der Waals surface area contributed by atoms with Crippen molar-refractivity contribution in [3.63, 3.8) is 0 Å². The van der Waals surface area contributed by atoms with Crippen molar-refractivity contribution in [2.24, 2.45) is 0 Å². The van der Waals surface area contributed by atoms with Crippen molar-refractivity contribution < 1.29 is 33.3 Å². The molecule has 1 fully saturated rings. The Bertz CT molecular complexity index is 1540. The van der Waals surface area contributed by atoms with Gasteiger partial charge in [-0.3, -0.25) is 14.5 Å². The highest BCUT2D eigenvalue weighted by Gasteiger charge is 2.48. The predicted molar refractivity (Wildman–Crippen MR) is 145 cm³/mol. The van der Waals surface area contributed by atoms with Crippen LogP contribution in [0.25, 0.3) is 5.76 Å². The highest BCUT2D eigenvalue weighted by molar-refractivity contribution is 6.51. The van der Waals surface area contributed by atoms with Crippen LogP contribution in [0.5, 0.6) is 17.2 Å².